The molecule has 118 valence electrons. The van der Waals surface area contributed by atoms with E-state index in [1.165, 1.54) is 6.07 Å². The van der Waals surface area contributed by atoms with Gasteiger partial charge in [0.2, 0.25) is 0 Å². The van der Waals surface area contributed by atoms with Crippen LogP contribution in [-0.2, 0) is 6.18 Å². The molecule has 0 aliphatic carbocycles. The monoisotopic (exact) mass is 303 g/mol. The van der Waals surface area contributed by atoms with Crippen LogP contribution in [0.5, 0.6) is 0 Å². The first-order valence-corrected chi connectivity index (χ1v) is 6.78. The molecule has 0 spiro atoms. The molecule has 0 bridgehead atoms. The van der Waals surface area contributed by atoms with E-state index in [0.717, 1.165) is 31.4 Å². The maximum Gasteiger partial charge on any atom is 0.418 e. The van der Waals surface area contributed by atoms with E-state index >= 15 is 0 Å². The summed E-state index contributed by atoms with van der Waals surface area (Å²) in [7, 11) is 0. The van der Waals surface area contributed by atoms with Crippen LogP contribution in [-0.4, -0.2) is 11.9 Å². The smallest absolute Gasteiger partial charge is 0.350 e. The van der Waals surface area contributed by atoms with Gasteiger partial charge in [0.1, 0.15) is 0 Å². The maximum atomic E-state index is 12.9. The van der Waals surface area contributed by atoms with E-state index in [1.807, 2.05) is 19.3 Å². The third-order valence-electron chi connectivity index (χ3n) is 3.11. The van der Waals surface area contributed by atoms with Crippen LogP contribution in [0.4, 0.5) is 18.9 Å². The summed E-state index contributed by atoms with van der Waals surface area (Å²) in [5.74, 6) is 4.54. The van der Waals surface area contributed by atoms with E-state index < -0.39 is 17.6 Å². The fourth-order valence-electron chi connectivity index (χ4n) is 1.94. The van der Waals surface area contributed by atoms with Crippen molar-refractivity contribution in [3.8, 4) is 0 Å². The van der Waals surface area contributed by atoms with Crippen molar-refractivity contribution in [3.63, 3.8) is 0 Å². The van der Waals surface area contributed by atoms with Crippen molar-refractivity contribution in [1.82, 2.24) is 5.32 Å². The molecule has 1 atom stereocenters. The minimum atomic E-state index is -4.58. The molecule has 1 aromatic rings. The number of amides is 1. The number of benzene rings is 1. The maximum absolute atomic E-state index is 12.9. The van der Waals surface area contributed by atoms with E-state index in [2.05, 4.69) is 5.32 Å². The number of nitrogens with two attached hydrogens (primary N) is 1. The molecule has 0 heterocycles. The highest BCUT2D eigenvalue weighted by atomic mass is 19.4. The lowest BCUT2D eigenvalue weighted by Crippen LogP contribution is -2.32. The van der Waals surface area contributed by atoms with E-state index in [1.54, 1.807) is 0 Å². The molecule has 4 N–H and O–H groups in total. The summed E-state index contributed by atoms with van der Waals surface area (Å²) in [6.45, 7) is 3.86. The third-order valence-corrected chi connectivity index (χ3v) is 3.11. The van der Waals surface area contributed by atoms with E-state index in [9.17, 15) is 18.0 Å². The Morgan fingerprint density at radius 2 is 2.05 bits per heavy atom. The van der Waals surface area contributed by atoms with Gasteiger partial charge in [-0.25, -0.2) is 0 Å². The molecule has 0 aliphatic heterocycles. The quantitative estimate of drug-likeness (QED) is 0.558. The van der Waals surface area contributed by atoms with E-state index in [4.69, 9.17) is 5.84 Å². The number of halogens is 3. The highest BCUT2D eigenvalue weighted by Crippen LogP contribution is 2.35. The molecule has 1 rings (SSSR count). The zero-order chi connectivity index (χ0) is 16.0. The Balaban J connectivity index is 2.91. The number of carbonyl (C=O) groups excluding carboxylic acids is 1. The van der Waals surface area contributed by atoms with E-state index in [0.29, 0.717) is 0 Å². The standard InChI is InChI=1S/C14H20F3N3O/c1-3-4-5-9(2)19-13(21)10-6-7-12(20-18)11(8-10)14(15,16)17/h6-9,20H,3-5,18H2,1-2H3,(H,19,21). The molecule has 4 nitrogen and oxygen atoms in total. The average molecular weight is 303 g/mol. The SMILES string of the molecule is CCCCC(C)NC(=O)c1ccc(NN)c(C(F)(F)F)c1. The second-order valence-electron chi connectivity index (χ2n) is 4.92. The van der Waals surface area contributed by atoms with Crippen LogP contribution in [0.15, 0.2) is 18.2 Å². The molecule has 0 aromatic heterocycles. The van der Waals surface area contributed by atoms with Crippen LogP contribution in [0, 0.1) is 0 Å². The lowest BCUT2D eigenvalue weighted by Gasteiger charge is -2.16. The van der Waals surface area contributed by atoms with Crippen molar-refractivity contribution >= 4 is 11.6 Å². The van der Waals surface area contributed by atoms with Gasteiger partial charge in [-0.15, -0.1) is 0 Å². The van der Waals surface area contributed by atoms with Gasteiger partial charge in [-0.3, -0.25) is 10.6 Å². The first-order chi connectivity index (χ1) is 9.79. The van der Waals surface area contributed by atoms with Gasteiger partial charge in [0.15, 0.2) is 0 Å². The van der Waals surface area contributed by atoms with Crippen molar-refractivity contribution < 1.29 is 18.0 Å². The molecular formula is C14H20F3N3O. The average Bonchev–Trinajstić information content (AvgIpc) is 2.43. The molecule has 0 aliphatic rings. The van der Waals surface area contributed by atoms with Crippen molar-refractivity contribution in [1.29, 1.82) is 0 Å². The molecular weight excluding hydrogens is 283 g/mol. The number of nitrogens with one attached hydrogen (secondary N) is 2. The molecule has 0 radical (unpaired) electrons. The molecule has 0 saturated heterocycles. The highest BCUT2D eigenvalue weighted by molar-refractivity contribution is 5.95. The van der Waals surface area contributed by atoms with Gasteiger partial charge < -0.3 is 10.7 Å². The van der Waals surface area contributed by atoms with Gasteiger partial charge in [0.05, 0.1) is 11.3 Å². The summed E-state index contributed by atoms with van der Waals surface area (Å²) in [6, 6.07) is 3.18. The number of nitrogen functional groups attached to an aromatic ring is 1. The number of anilines is 1. The molecule has 0 saturated carbocycles. The van der Waals surface area contributed by atoms with Crippen LogP contribution in [0.2, 0.25) is 0 Å². The summed E-state index contributed by atoms with van der Waals surface area (Å²) >= 11 is 0. The summed E-state index contributed by atoms with van der Waals surface area (Å²) in [5, 5.41) is 2.69. The second-order valence-corrected chi connectivity index (χ2v) is 4.92. The molecule has 0 fully saturated rings. The largest absolute Gasteiger partial charge is 0.418 e. The Labute approximate surface area is 121 Å². The molecule has 7 heteroatoms. The van der Waals surface area contributed by atoms with Gasteiger partial charge in [-0.1, -0.05) is 19.8 Å². The van der Waals surface area contributed by atoms with Gasteiger partial charge in [-0.05, 0) is 31.5 Å². The Morgan fingerprint density at radius 1 is 1.38 bits per heavy atom. The first kappa shape index (κ1) is 17.3. The lowest BCUT2D eigenvalue weighted by atomic mass is 10.1. The number of hydrazine groups is 1. The Hall–Kier alpha value is -1.76. The number of alkyl halides is 3. The van der Waals surface area contributed by atoms with Crippen LogP contribution in [0.3, 0.4) is 0 Å². The zero-order valence-electron chi connectivity index (χ0n) is 12.1. The number of hydrogen-bond donors (Lipinski definition) is 3. The number of rotatable bonds is 6. The lowest BCUT2D eigenvalue weighted by molar-refractivity contribution is -0.137. The molecule has 1 aromatic carbocycles. The Morgan fingerprint density at radius 3 is 2.57 bits per heavy atom. The minimum absolute atomic E-state index is 0.0373. The fourth-order valence-corrected chi connectivity index (χ4v) is 1.94. The number of hydrogen-bond acceptors (Lipinski definition) is 3. The molecule has 1 unspecified atom stereocenters. The highest BCUT2D eigenvalue weighted by Gasteiger charge is 2.34. The van der Waals surface area contributed by atoms with Gasteiger partial charge in [0.25, 0.3) is 5.91 Å². The van der Waals surface area contributed by atoms with Gasteiger partial charge in [0, 0.05) is 11.6 Å². The van der Waals surface area contributed by atoms with Gasteiger partial charge >= 0.3 is 6.18 Å². The summed E-state index contributed by atoms with van der Waals surface area (Å²) < 4.78 is 38.6. The first-order valence-electron chi connectivity index (χ1n) is 6.78. The molecule has 1 amide bonds. The predicted molar refractivity (Wildman–Crippen MR) is 75.7 cm³/mol. The Bertz CT molecular complexity index is 489. The normalized spacial score (nSPS) is 12.9. The van der Waals surface area contributed by atoms with Crippen LogP contribution < -0.4 is 16.6 Å². The molecule has 21 heavy (non-hydrogen) atoms. The predicted octanol–water partition coefficient (Wildman–Crippen LogP) is 3.30. The van der Waals surface area contributed by atoms with Crippen LogP contribution in [0.25, 0.3) is 0 Å². The number of unbranched alkanes of at least 4 members (excludes halogenated alkanes) is 1. The number of carbonyl (C=O) groups is 1. The summed E-state index contributed by atoms with van der Waals surface area (Å²) in [5.41, 5.74) is 0.723. The fraction of sp³-hybridized carbons (Fsp3) is 0.500. The topological polar surface area (TPSA) is 67.2 Å². The third kappa shape index (κ3) is 4.93. The zero-order valence-corrected chi connectivity index (χ0v) is 12.1. The minimum Gasteiger partial charge on any atom is -0.350 e. The summed E-state index contributed by atoms with van der Waals surface area (Å²) in [4.78, 5) is 12.0. The summed E-state index contributed by atoms with van der Waals surface area (Å²) in [6.07, 6.45) is -1.84. The van der Waals surface area contributed by atoms with Crippen molar-refractivity contribution in [2.75, 3.05) is 5.43 Å². The van der Waals surface area contributed by atoms with Crippen LogP contribution >= 0.6 is 0 Å². The van der Waals surface area contributed by atoms with Crippen LogP contribution in [0.1, 0.15) is 49.0 Å². The van der Waals surface area contributed by atoms with Gasteiger partial charge in [-0.2, -0.15) is 13.2 Å². The van der Waals surface area contributed by atoms with Crippen molar-refractivity contribution in [2.45, 2.75) is 45.3 Å². The van der Waals surface area contributed by atoms with Crippen molar-refractivity contribution in [3.05, 3.63) is 29.3 Å². The van der Waals surface area contributed by atoms with E-state index in [-0.39, 0.29) is 17.3 Å². The second kappa shape index (κ2) is 7.31. The van der Waals surface area contributed by atoms with Crippen molar-refractivity contribution in [2.24, 2.45) is 5.84 Å². The Kier molecular flexibility index (Phi) is 6.02.